The highest BCUT2D eigenvalue weighted by molar-refractivity contribution is 5.84. The van der Waals surface area contributed by atoms with Crippen LogP contribution < -0.4 is 10.6 Å². The molecule has 20 heavy (non-hydrogen) atoms. The Kier molecular flexibility index (Phi) is 4.60. The van der Waals surface area contributed by atoms with Crippen molar-refractivity contribution in [2.45, 2.75) is 38.8 Å². The van der Waals surface area contributed by atoms with Gasteiger partial charge in [-0.15, -0.1) is 0 Å². The van der Waals surface area contributed by atoms with Crippen LogP contribution in [0.5, 0.6) is 0 Å². The lowest BCUT2D eigenvalue weighted by Crippen LogP contribution is -2.46. The number of imidazole rings is 1. The first kappa shape index (κ1) is 14.4. The van der Waals surface area contributed by atoms with E-state index in [-0.39, 0.29) is 17.8 Å². The zero-order chi connectivity index (χ0) is 14.5. The molecule has 1 unspecified atom stereocenters. The van der Waals surface area contributed by atoms with E-state index in [4.69, 9.17) is 5.11 Å². The molecule has 2 rings (SSSR count). The summed E-state index contributed by atoms with van der Waals surface area (Å²) in [5.41, 5.74) is 0.00746. The summed E-state index contributed by atoms with van der Waals surface area (Å²) in [6, 6.07) is 0.0265. The fourth-order valence-corrected chi connectivity index (χ4v) is 2.21. The van der Waals surface area contributed by atoms with Gasteiger partial charge in [-0.05, 0) is 25.7 Å². The molecule has 1 fully saturated rings. The Hall–Kier alpha value is -2.05. The molecule has 3 N–H and O–H groups in total. The SMILES string of the molecule is CC(NC(=O)NCCn1cnc(C(=O)O)c1)C1CCC1. The molecular formula is C13H20N4O3. The summed E-state index contributed by atoms with van der Waals surface area (Å²) in [6.45, 7) is 2.95. The van der Waals surface area contributed by atoms with Crippen molar-refractivity contribution in [2.24, 2.45) is 5.92 Å². The van der Waals surface area contributed by atoms with Crippen LogP contribution in [0.1, 0.15) is 36.7 Å². The molecule has 1 aliphatic carbocycles. The normalized spacial score (nSPS) is 16.2. The van der Waals surface area contributed by atoms with Crippen molar-refractivity contribution >= 4 is 12.0 Å². The van der Waals surface area contributed by atoms with Crippen molar-refractivity contribution < 1.29 is 14.7 Å². The summed E-state index contributed by atoms with van der Waals surface area (Å²) in [6.07, 6.45) is 6.52. The zero-order valence-corrected chi connectivity index (χ0v) is 11.5. The Morgan fingerprint density at radius 2 is 2.30 bits per heavy atom. The molecule has 0 radical (unpaired) electrons. The molecule has 1 saturated carbocycles. The van der Waals surface area contributed by atoms with Gasteiger partial charge in [0.25, 0.3) is 0 Å². The van der Waals surface area contributed by atoms with E-state index in [0.717, 1.165) is 0 Å². The molecule has 1 aromatic rings. The minimum absolute atomic E-state index is 0.00746. The van der Waals surface area contributed by atoms with Crippen molar-refractivity contribution in [1.82, 2.24) is 20.2 Å². The fraction of sp³-hybridized carbons (Fsp3) is 0.615. The predicted molar refractivity (Wildman–Crippen MR) is 72.5 cm³/mol. The van der Waals surface area contributed by atoms with E-state index in [2.05, 4.69) is 15.6 Å². The molecule has 0 aliphatic heterocycles. The number of hydrogen-bond donors (Lipinski definition) is 3. The van der Waals surface area contributed by atoms with Gasteiger partial charge in [-0.3, -0.25) is 0 Å². The number of amides is 2. The van der Waals surface area contributed by atoms with Crippen molar-refractivity contribution in [3.8, 4) is 0 Å². The Balaban J connectivity index is 1.66. The largest absolute Gasteiger partial charge is 0.476 e. The highest BCUT2D eigenvalue weighted by atomic mass is 16.4. The van der Waals surface area contributed by atoms with Gasteiger partial charge >= 0.3 is 12.0 Å². The summed E-state index contributed by atoms with van der Waals surface area (Å²) in [4.78, 5) is 26.1. The number of carbonyl (C=O) groups excluding carboxylic acids is 1. The minimum Gasteiger partial charge on any atom is -0.476 e. The average Bonchev–Trinajstić information content (AvgIpc) is 2.75. The molecule has 7 nitrogen and oxygen atoms in total. The maximum atomic E-state index is 11.7. The van der Waals surface area contributed by atoms with Gasteiger partial charge < -0.3 is 20.3 Å². The van der Waals surface area contributed by atoms with Gasteiger partial charge in [-0.25, -0.2) is 14.6 Å². The number of nitrogens with one attached hydrogen (secondary N) is 2. The molecule has 0 saturated heterocycles. The summed E-state index contributed by atoms with van der Waals surface area (Å²) in [7, 11) is 0. The Labute approximate surface area is 117 Å². The van der Waals surface area contributed by atoms with E-state index in [1.165, 1.54) is 31.8 Å². The molecule has 1 aromatic heterocycles. The quantitative estimate of drug-likeness (QED) is 0.726. The van der Waals surface area contributed by atoms with E-state index in [1.54, 1.807) is 4.57 Å². The van der Waals surface area contributed by atoms with Crippen molar-refractivity contribution in [1.29, 1.82) is 0 Å². The van der Waals surface area contributed by atoms with E-state index in [0.29, 0.717) is 19.0 Å². The third-order valence-corrected chi connectivity index (χ3v) is 3.72. The maximum absolute atomic E-state index is 11.7. The van der Waals surface area contributed by atoms with Gasteiger partial charge in [-0.1, -0.05) is 6.42 Å². The predicted octanol–water partition coefficient (Wildman–Crippen LogP) is 1.07. The molecule has 1 aliphatic rings. The number of urea groups is 1. The maximum Gasteiger partial charge on any atom is 0.356 e. The highest BCUT2D eigenvalue weighted by Gasteiger charge is 2.24. The monoisotopic (exact) mass is 280 g/mol. The second kappa shape index (κ2) is 6.40. The van der Waals surface area contributed by atoms with Crippen LogP contribution in [0.3, 0.4) is 0 Å². The fourth-order valence-electron chi connectivity index (χ4n) is 2.21. The molecule has 0 aromatic carbocycles. The lowest BCUT2D eigenvalue weighted by Gasteiger charge is -2.31. The number of hydrogen-bond acceptors (Lipinski definition) is 3. The van der Waals surface area contributed by atoms with Crippen LogP contribution in [0.4, 0.5) is 4.79 Å². The van der Waals surface area contributed by atoms with Crippen LogP contribution in [-0.2, 0) is 6.54 Å². The van der Waals surface area contributed by atoms with Crippen molar-refractivity contribution in [3.05, 3.63) is 18.2 Å². The minimum atomic E-state index is -1.05. The molecule has 0 spiro atoms. The first-order valence-corrected chi connectivity index (χ1v) is 6.85. The molecule has 7 heteroatoms. The first-order valence-electron chi connectivity index (χ1n) is 6.85. The number of rotatable bonds is 6. The number of aromatic nitrogens is 2. The van der Waals surface area contributed by atoms with Crippen molar-refractivity contribution in [3.63, 3.8) is 0 Å². The molecule has 1 atom stereocenters. The van der Waals surface area contributed by atoms with E-state index in [1.807, 2.05) is 6.92 Å². The summed E-state index contributed by atoms with van der Waals surface area (Å²) >= 11 is 0. The number of carbonyl (C=O) groups is 2. The molecule has 0 bridgehead atoms. The van der Waals surface area contributed by atoms with Crippen LogP contribution in [0.15, 0.2) is 12.5 Å². The molecule has 110 valence electrons. The van der Waals surface area contributed by atoms with E-state index in [9.17, 15) is 9.59 Å². The Bertz CT molecular complexity index is 482. The first-order chi connectivity index (χ1) is 9.56. The number of nitrogens with zero attached hydrogens (tertiary/aromatic N) is 2. The van der Waals surface area contributed by atoms with E-state index >= 15 is 0 Å². The summed E-state index contributed by atoms with van der Waals surface area (Å²) < 4.78 is 1.64. The van der Waals surface area contributed by atoms with Gasteiger partial charge in [-0.2, -0.15) is 0 Å². The third kappa shape index (κ3) is 3.72. The zero-order valence-electron chi connectivity index (χ0n) is 11.5. The van der Waals surface area contributed by atoms with Gasteiger partial charge in [0.2, 0.25) is 0 Å². The third-order valence-electron chi connectivity index (χ3n) is 3.72. The Morgan fingerprint density at radius 1 is 1.55 bits per heavy atom. The second-order valence-corrected chi connectivity index (χ2v) is 5.18. The van der Waals surface area contributed by atoms with Gasteiger partial charge in [0.15, 0.2) is 5.69 Å². The number of aromatic carboxylic acids is 1. The van der Waals surface area contributed by atoms with Gasteiger partial charge in [0, 0.05) is 25.3 Å². The van der Waals surface area contributed by atoms with Crippen molar-refractivity contribution in [2.75, 3.05) is 6.54 Å². The van der Waals surface area contributed by atoms with Crippen LogP contribution >= 0.6 is 0 Å². The Morgan fingerprint density at radius 3 is 2.85 bits per heavy atom. The molecule has 2 amide bonds. The van der Waals surface area contributed by atoms with Gasteiger partial charge in [0.1, 0.15) is 0 Å². The van der Waals surface area contributed by atoms with Crippen LogP contribution in [0.2, 0.25) is 0 Å². The highest BCUT2D eigenvalue weighted by Crippen LogP contribution is 2.29. The lowest BCUT2D eigenvalue weighted by atomic mass is 9.80. The smallest absolute Gasteiger partial charge is 0.356 e. The van der Waals surface area contributed by atoms with Crippen LogP contribution in [-0.4, -0.2) is 39.2 Å². The van der Waals surface area contributed by atoms with E-state index < -0.39 is 5.97 Å². The lowest BCUT2D eigenvalue weighted by molar-refractivity contribution is 0.0691. The number of carboxylic acids is 1. The topological polar surface area (TPSA) is 96.3 Å². The average molecular weight is 280 g/mol. The van der Waals surface area contributed by atoms with Crippen LogP contribution in [0.25, 0.3) is 0 Å². The number of carboxylic acid groups (broad SMARTS) is 1. The summed E-state index contributed by atoms with van der Waals surface area (Å²) in [5.74, 6) is -0.448. The molecular weight excluding hydrogens is 260 g/mol. The van der Waals surface area contributed by atoms with Crippen LogP contribution in [0, 0.1) is 5.92 Å². The summed E-state index contributed by atoms with van der Waals surface area (Å²) in [5, 5.41) is 14.4. The molecule has 1 heterocycles. The van der Waals surface area contributed by atoms with Gasteiger partial charge in [0.05, 0.1) is 6.33 Å². The second-order valence-electron chi connectivity index (χ2n) is 5.18. The standard InChI is InChI=1S/C13H20N4O3/c1-9(10-3-2-4-10)16-13(20)14-5-6-17-7-11(12(18)19)15-8-17/h7-10H,2-6H2,1H3,(H,18,19)(H2,14,16,20).